The summed E-state index contributed by atoms with van der Waals surface area (Å²) in [4.78, 5) is 0. The molecule has 0 radical (unpaired) electrons. The van der Waals surface area contributed by atoms with E-state index in [0.29, 0.717) is 0 Å². The van der Waals surface area contributed by atoms with Crippen molar-refractivity contribution in [3.8, 4) is 0 Å². The van der Waals surface area contributed by atoms with Crippen molar-refractivity contribution in [2.75, 3.05) is 0 Å². The molecule has 0 aliphatic carbocycles. The fraction of sp³-hybridized carbons (Fsp3) is 0.500. The zero-order valence-electron chi connectivity index (χ0n) is 2.97. The molecular weight excluding hydrogens is 66.0 g/mol. The standard InChI is InChI=1S/C2H5N3/c1-2-4-5-3/h2-3H,1H3/b4-2+,5-3?. The van der Waals surface area contributed by atoms with E-state index in [1.54, 1.807) is 6.92 Å². The van der Waals surface area contributed by atoms with Crippen LogP contribution in [0.2, 0.25) is 0 Å². The van der Waals surface area contributed by atoms with Crippen LogP contribution in [-0.2, 0) is 0 Å². The molecular formula is C2H5N3. The third kappa shape index (κ3) is 3.27. The second-order valence-corrected chi connectivity index (χ2v) is 0.474. The topological polar surface area (TPSA) is 48.6 Å². The molecule has 0 aromatic carbocycles. The van der Waals surface area contributed by atoms with Crippen molar-refractivity contribution in [3.05, 3.63) is 0 Å². The number of nitrogens with one attached hydrogen (secondary N) is 1. The summed E-state index contributed by atoms with van der Waals surface area (Å²) in [5.74, 6) is 0. The van der Waals surface area contributed by atoms with Gasteiger partial charge in [0.1, 0.15) is 0 Å². The SMILES string of the molecule is C/C=N/N=N. The molecule has 0 aliphatic heterocycles. The highest BCUT2D eigenvalue weighted by atomic mass is 15.3. The van der Waals surface area contributed by atoms with Gasteiger partial charge in [0.25, 0.3) is 0 Å². The maximum absolute atomic E-state index is 6.03. The van der Waals surface area contributed by atoms with E-state index in [1.165, 1.54) is 6.21 Å². The van der Waals surface area contributed by atoms with Gasteiger partial charge >= 0.3 is 0 Å². The van der Waals surface area contributed by atoms with Gasteiger partial charge in [0.15, 0.2) is 0 Å². The Morgan fingerprint density at radius 1 is 1.80 bits per heavy atom. The predicted molar refractivity (Wildman–Crippen MR) is 19.3 cm³/mol. The molecule has 3 heteroatoms. The first-order valence-corrected chi connectivity index (χ1v) is 1.26. The van der Waals surface area contributed by atoms with E-state index in [1.807, 2.05) is 0 Å². The molecule has 0 saturated carbocycles. The average Bonchev–Trinajstić information content (AvgIpc) is 1.41. The van der Waals surface area contributed by atoms with Crippen LogP contribution in [0.3, 0.4) is 0 Å². The van der Waals surface area contributed by atoms with Gasteiger partial charge in [0.2, 0.25) is 0 Å². The number of hydrogen-bond donors (Lipinski definition) is 1. The van der Waals surface area contributed by atoms with Crippen molar-refractivity contribution in [1.29, 1.82) is 5.53 Å². The van der Waals surface area contributed by atoms with Crippen molar-refractivity contribution >= 4 is 6.21 Å². The monoisotopic (exact) mass is 71.0 g/mol. The minimum atomic E-state index is 1.45. The van der Waals surface area contributed by atoms with Gasteiger partial charge in [-0.15, -0.1) is 5.10 Å². The Bertz CT molecular complexity index is 46.9. The van der Waals surface area contributed by atoms with Gasteiger partial charge in [0, 0.05) is 6.21 Å². The Morgan fingerprint density at radius 2 is 2.40 bits per heavy atom. The minimum Gasteiger partial charge on any atom is -0.185 e. The summed E-state index contributed by atoms with van der Waals surface area (Å²) in [5.41, 5.74) is 6.03. The van der Waals surface area contributed by atoms with E-state index < -0.39 is 0 Å². The zero-order chi connectivity index (χ0) is 4.12. The summed E-state index contributed by atoms with van der Waals surface area (Å²) < 4.78 is 0. The van der Waals surface area contributed by atoms with Crippen LogP contribution in [0.25, 0.3) is 0 Å². The average molecular weight is 71.1 g/mol. The van der Waals surface area contributed by atoms with Crippen LogP contribution < -0.4 is 0 Å². The molecule has 0 aliphatic rings. The normalized spacial score (nSPS) is 9.00. The summed E-state index contributed by atoms with van der Waals surface area (Å²) in [6.45, 7) is 1.71. The maximum atomic E-state index is 6.03. The van der Waals surface area contributed by atoms with E-state index in [0.717, 1.165) is 0 Å². The Hall–Kier alpha value is -0.730. The highest BCUT2D eigenvalue weighted by Gasteiger charge is 1.42. The zero-order valence-corrected chi connectivity index (χ0v) is 2.97. The lowest BCUT2D eigenvalue weighted by Gasteiger charge is -1.56. The lowest BCUT2D eigenvalue weighted by molar-refractivity contribution is 0.995. The molecule has 0 spiro atoms. The summed E-state index contributed by atoms with van der Waals surface area (Å²) in [7, 11) is 0. The molecule has 3 nitrogen and oxygen atoms in total. The van der Waals surface area contributed by atoms with Crippen LogP contribution in [-0.4, -0.2) is 6.21 Å². The number of hydrogen-bond acceptors (Lipinski definition) is 2. The van der Waals surface area contributed by atoms with E-state index in [4.69, 9.17) is 5.53 Å². The summed E-state index contributed by atoms with van der Waals surface area (Å²) in [6, 6.07) is 0. The molecule has 0 atom stereocenters. The van der Waals surface area contributed by atoms with Crippen LogP contribution >= 0.6 is 0 Å². The van der Waals surface area contributed by atoms with Crippen LogP contribution in [0.1, 0.15) is 6.92 Å². The first-order chi connectivity index (χ1) is 2.41. The second-order valence-electron chi connectivity index (χ2n) is 0.474. The lowest BCUT2D eigenvalue weighted by atomic mass is 10.9. The van der Waals surface area contributed by atoms with Crippen molar-refractivity contribution in [3.63, 3.8) is 0 Å². The van der Waals surface area contributed by atoms with Gasteiger partial charge in [-0.1, -0.05) is 5.22 Å². The van der Waals surface area contributed by atoms with E-state index in [2.05, 4.69) is 10.3 Å². The molecule has 0 bridgehead atoms. The van der Waals surface area contributed by atoms with Crippen LogP contribution in [0.15, 0.2) is 10.3 Å². The van der Waals surface area contributed by atoms with Crippen LogP contribution in [0, 0.1) is 5.53 Å². The summed E-state index contributed by atoms with van der Waals surface area (Å²) in [5, 5.41) is 5.81. The fourth-order valence-electron chi connectivity index (χ4n) is 0.0577. The van der Waals surface area contributed by atoms with Crippen molar-refractivity contribution in [2.45, 2.75) is 6.92 Å². The third-order valence-electron chi connectivity index (χ3n) is 0.173. The lowest BCUT2D eigenvalue weighted by Crippen LogP contribution is -1.46. The number of nitrogens with zero attached hydrogens (tertiary/aromatic N) is 2. The van der Waals surface area contributed by atoms with Gasteiger partial charge in [-0.25, -0.2) is 0 Å². The molecule has 0 saturated heterocycles. The quantitative estimate of drug-likeness (QED) is 0.272. The minimum absolute atomic E-state index is 1.45. The molecule has 0 aromatic rings. The van der Waals surface area contributed by atoms with Crippen molar-refractivity contribution < 1.29 is 0 Å². The molecule has 28 valence electrons. The first-order valence-electron chi connectivity index (χ1n) is 1.26. The largest absolute Gasteiger partial charge is 0.185 e. The Labute approximate surface area is 30.2 Å². The Kier molecular flexibility index (Phi) is 2.79. The molecule has 0 unspecified atom stereocenters. The van der Waals surface area contributed by atoms with E-state index in [-0.39, 0.29) is 0 Å². The molecule has 1 N–H and O–H groups in total. The van der Waals surface area contributed by atoms with Gasteiger partial charge in [-0.3, -0.25) is 0 Å². The Morgan fingerprint density at radius 3 is 2.40 bits per heavy atom. The van der Waals surface area contributed by atoms with E-state index >= 15 is 0 Å². The maximum Gasteiger partial charge on any atom is 0.0257 e. The van der Waals surface area contributed by atoms with Gasteiger partial charge in [0.05, 0.1) is 0 Å². The number of rotatable bonds is 1. The van der Waals surface area contributed by atoms with Gasteiger partial charge in [-0.05, 0) is 6.92 Å². The molecule has 0 fully saturated rings. The van der Waals surface area contributed by atoms with Crippen LogP contribution in [0.5, 0.6) is 0 Å². The molecule has 0 aromatic heterocycles. The second kappa shape index (κ2) is 3.27. The Balaban J connectivity index is 2.92. The molecule has 0 heterocycles. The first kappa shape index (κ1) is 4.27. The summed E-state index contributed by atoms with van der Waals surface area (Å²) >= 11 is 0. The van der Waals surface area contributed by atoms with Gasteiger partial charge in [-0.2, -0.15) is 5.53 Å². The molecule has 0 amide bonds. The highest BCUT2D eigenvalue weighted by molar-refractivity contribution is 5.52. The van der Waals surface area contributed by atoms with Gasteiger partial charge < -0.3 is 0 Å². The van der Waals surface area contributed by atoms with Crippen LogP contribution in [0.4, 0.5) is 0 Å². The van der Waals surface area contributed by atoms with Crippen molar-refractivity contribution in [1.82, 2.24) is 0 Å². The molecule has 0 rings (SSSR count). The third-order valence-corrected chi connectivity index (χ3v) is 0.173. The van der Waals surface area contributed by atoms with Crippen molar-refractivity contribution in [2.24, 2.45) is 10.3 Å². The fourth-order valence-corrected chi connectivity index (χ4v) is 0.0577. The molecule has 5 heavy (non-hydrogen) atoms. The summed E-state index contributed by atoms with van der Waals surface area (Å²) in [6.07, 6.45) is 1.45. The highest BCUT2D eigenvalue weighted by Crippen LogP contribution is 1.57. The van der Waals surface area contributed by atoms with E-state index in [9.17, 15) is 0 Å². The smallest absolute Gasteiger partial charge is 0.0257 e. The predicted octanol–water partition coefficient (Wildman–Crippen LogP) is 1.02.